The minimum absolute atomic E-state index is 0.115. The van der Waals surface area contributed by atoms with Crippen molar-refractivity contribution in [2.75, 3.05) is 13.2 Å². The number of oxazole rings is 1. The van der Waals surface area contributed by atoms with Crippen molar-refractivity contribution in [3.05, 3.63) is 41.9 Å². The van der Waals surface area contributed by atoms with E-state index in [0.717, 1.165) is 11.1 Å². The minimum Gasteiger partial charge on any atom is -0.480 e. The Bertz CT molecular complexity index is 775. The molecule has 1 aromatic carbocycles. The maximum Gasteiger partial charge on any atom is 0.329 e. The number of hydrogen-bond donors (Lipinski definition) is 2. The van der Waals surface area contributed by atoms with Gasteiger partial charge in [-0.1, -0.05) is 29.8 Å². The Morgan fingerprint density at radius 1 is 1.23 bits per heavy atom. The molecule has 138 valence electrons. The Kier molecular flexibility index (Phi) is 5.37. The zero-order chi connectivity index (χ0) is 18.6. The molecule has 0 aliphatic carbocycles. The number of aryl methyl sites for hydroxylation is 2. The molecule has 1 aliphatic heterocycles. The number of carboxylic acid groups (broad SMARTS) is 1. The summed E-state index contributed by atoms with van der Waals surface area (Å²) in [6, 6.07) is 7.89. The molecule has 7 heteroatoms. The third kappa shape index (κ3) is 4.11. The number of aromatic nitrogens is 1. The molecule has 3 rings (SSSR count). The summed E-state index contributed by atoms with van der Waals surface area (Å²) in [5.74, 6) is -0.254. The molecule has 7 nitrogen and oxygen atoms in total. The molecule has 1 fully saturated rings. The molecule has 0 bridgehead atoms. The molecule has 1 saturated heterocycles. The number of carboxylic acids is 1. The summed E-state index contributed by atoms with van der Waals surface area (Å²) in [6.45, 7) is 2.66. The zero-order valence-electron chi connectivity index (χ0n) is 14.7. The van der Waals surface area contributed by atoms with Gasteiger partial charge in [0.1, 0.15) is 5.54 Å². The largest absolute Gasteiger partial charge is 0.480 e. The van der Waals surface area contributed by atoms with E-state index in [1.807, 2.05) is 31.2 Å². The number of nitrogens with zero attached hydrogens (tertiary/aromatic N) is 1. The molecule has 0 saturated carbocycles. The lowest BCUT2D eigenvalue weighted by molar-refractivity contribution is -0.152. The molecule has 0 unspecified atom stereocenters. The topological polar surface area (TPSA) is 102 Å². The van der Waals surface area contributed by atoms with Crippen molar-refractivity contribution >= 4 is 11.9 Å². The van der Waals surface area contributed by atoms with Crippen LogP contribution in [0.5, 0.6) is 0 Å². The number of carbonyl (C=O) groups is 2. The number of amides is 1. The van der Waals surface area contributed by atoms with E-state index < -0.39 is 11.5 Å². The van der Waals surface area contributed by atoms with Crippen molar-refractivity contribution in [2.24, 2.45) is 0 Å². The van der Waals surface area contributed by atoms with Crippen LogP contribution in [0, 0.1) is 6.92 Å². The summed E-state index contributed by atoms with van der Waals surface area (Å²) >= 11 is 0. The van der Waals surface area contributed by atoms with E-state index in [4.69, 9.17) is 9.15 Å². The monoisotopic (exact) mass is 358 g/mol. The van der Waals surface area contributed by atoms with Crippen LogP contribution in [0.3, 0.4) is 0 Å². The van der Waals surface area contributed by atoms with Gasteiger partial charge in [-0.3, -0.25) is 4.79 Å². The van der Waals surface area contributed by atoms with Crippen LogP contribution in [-0.4, -0.2) is 40.7 Å². The van der Waals surface area contributed by atoms with Gasteiger partial charge in [-0.15, -0.1) is 0 Å². The second-order valence-electron chi connectivity index (χ2n) is 6.53. The van der Waals surface area contributed by atoms with E-state index in [1.54, 1.807) is 6.20 Å². The highest BCUT2D eigenvalue weighted by Gasteiger charge is 2.41. The molecule has 0 radical (unpaired) electrons. The van der Waals surface area contributed by atoms with Gasteiger partial charge in [-0.05, 0) is 6.92 Å². The molecule has 26 heavy (non-hydrogen) atoms. The Hall–Kier alpha value is -2.67. The van der Waals surface area contributed by atoms with E-state index in [0.29, 0.717) is 31.3 Å². The van der Waals surface area contributed by atoms with Crippen LogP contribution >= 0.6 is 0 Å². The lowest BCUT2D eigenvalue weighted by Gasteiger charge is -2.33. The number of carbonyl (C=O) groups excluding carboxylic acids is 1. The van der Waals surface area contributed by atoms with Gasteiger partial charge in [-0.25, -0.2) is 9.78 Å². The molecular formula is C19H22N2O5. The molecule has 2 N–H and O–H groups in total. The van der Waals surface area contributed by atoms with Gasteiger partial charge >= 0.3 is 5.97 Å². The summed E-state index contributed by atoms with van der Waals surface area (Å²) in [5.41, 5.74) is 0.843. The third-order valence-electron chi connectivity index (χ3n) is 4.59. The molecule has 0 atom stereocenters. The van der Waals surface area contributed by atoms with Gasteiger partial charge in [0, 0.05) is 44.5 Å². The predicted molar refractivity (Wildman–Crippen MR) is 93.6 cm³/mol. The number of ether oxygens (including phenoxy) is 1. The molecule has 1 aromatic heterocycles. The number of nitrogens with one attached hydrogen (secondary N) is 1. The smallest absolute Gasteiger partial charge is 0.329 e. The Morgan fingerprint density at radius 3 is 2.58 bits per heavy atom. The van der Waals surface area contributed by atoms with Gasteiger partial charge in [-0.2, -0.15) is 0 Å². The predicted octanol–water partition coefficient (Wildman–Crippen LogP) is 2.33. The fourth-order valence-electron chi connectivity index (χ4n) is 2.94. The van der Waals surface area contributed by atoms with E-state index >= 15 is 0 Å². The zero-order valence-corrected chi connectivity index (χ0v) is 14.7. The highest BCUT2D eigenvalue weighted by Crippen LogP contribution is 2.23. The molecule has 1 aliphatic rings. The highest BCUT2D eigenvalue weighted by atomic mass is 16.5. The van der Waals surface area contributed by atoms with E-state index in [1.165, 1.54) is 0 Å². The first-order chi connectivity index (χ1) is 12.5. The lowest BCUT2D eigenvalue weighted by atomic mass is 9.90. The fraction of sp³-hybridized carbons (Fsp3) is 0.421. The van der Waals surface area contributed by atoms with Crippen LogP contribution in [0.2, 0.25) is 0 Å². The van der Waals surface area contributed by atoms with E-state index in [2.05, 4.69) is 10.3 Å². The SMILES string of the molecule is Cc1ccc(-c2cnc(CCC(=O)NC3(C(=O)O)CCOCC3)o2)cc1. The van der Waals surface area contributed by atoms with Gasteiger partial charge < -0.3 is 19.6 Å². The lowest BCUT2D eigenvalue weighted by Crippen LogP contribution is -2.57. The summed E-state index contributed by atoms with van der Waals surface area (Å²) in [7, 11) is 0. The van der Waals surface area contributed by atoms with Crippen LogP contribution in [0.4, 0.5) is 0 Å². The number of aliphatic carboxylic acids is 1. The number of benzene rings is 1. The van der Waals surface area contributed by atoms with Crippen LogP contribution in [0.1, 0.15) is 30.7 Å². The van der Waals surface area contributed by atoms with Crippen molar-refractivity contribution in [3.8, 4) is 11.3 Å². The van der Waals surface area contributed by atoms with Crippen molar-refractivity contribution in [1.82, 2.24) is 10.3 Å². The standard InChI is InChI=1S/C19H22N2O5/c1-13-2-4-14(5-3-13)15-12-20-17(26-15)7-6-16(22)21-19(18(23)24)8-10-25-11-9-19/h2-5,12H,6-11H2,1H3,(H,21,22)(H,23,24). The van der Waals surface area contributed by atoms with Crippen molar-refractivity contribution in [2.45, 2.75) is 38.1 Å². The second kappa shape index (κ2) is 7.70. The summed E-state index contributed by atoms with van der Waals surface area (Å²) in [4.78, 5) is 28.0. The first kappa shape index (κ1) is 18.1. The molecule has 0 spiro atoms. The molecular weight excluding hydrogens is 336 g/mol. The van der Waals surface area contributed by atoms with Crippen LogP contribution < -0.4 is 5.32 Å². The highest BCUT2D eigenvalue weighted by molar-refractivity contribution is 5.87. The minimum atomic E-state index is -1.24. The van der Waals surface area contributed by atoms with Crippen LogP contribution in [0.15, 0.2) is 34.9 Å². The molecule has 2 aromatic rings. The van der Waals surface area contributed by atoms with Crippen molar-refractivity contribution in [1.29, 1.82) is 0 Å². The van der Waals surface area contributed by atoms with E-state index in [-0.39, 0.29) is 25.2 Å². The van der Waals surface area contributed by atoms with E-state index in [9.17, 15) is 14.7 Å². The Morgan fingerprint density at radius 2 is 1.92 bits per heavy atom. The van der Waals surface area contributed by atoms with Gasteiger partial charge in [0.15, 0.2) is 11.7 Å². The normalized spacial score (nSPS) is 16.2. The summed E-state index contributed by atoms with van der Waals surface area (Å²) < 4.78 is 10.9. The quantitative estimate of drug-likeness (QED) is 0.822. The first-order valence-electron chi connectivity index (χ1n) is 8.62. The molecule has 1 amide bonds. The average molecular weight is 358 g/mol. The third-order valence-corrected chi connectivity index (χ3v) is 4.59. The van der Waals surface area contributed by atoms with Gasteiger partial charge in [0.25, 0.3) is 0 Å². The Labute approximate surface area is 151 Å². The maximum absolute atomic E-state index is 12.2. The van der Waals surface area contributed by atoms with Crippen molar-refractivity contribution in [3.63, 3.8) is 0 Å². The Balaban J connectivity index is 1.58. The fourth-order valence-corrected chi connectivity index (χ4v) is 2.94. The van der Waals surface area contributed by atoms with Crippen LogP contribution in [-0.2, 0) is 20.7 Å². The average Bonchev–Trinajstić information content (AvgIpc) is 3.10. The first-order valence-corrected chi connectivity index (χ1v) is 8.62. The summed E-state index contributed by atoms with van der Waals surface area (Å²) in [5, 5.41) is 12.1. The summed E-state index contributed by atoms with van der Waals surface area (Å²) in [6.07, 6.45) is 2.60. The number of rotatable bonds is 6. The van der Waals surface area contributed by atoms with Crippen LogP contribution in [0.25, 0.3) is 11.3 Å². The van der Waals surface area contributed by atoms with Gasteiger partial charge in [0.2, 0.25) is 5.91 Å². The maximum atomic E-state index is 12.2. The molecule has 2 heterocycles. The number of hydrogen-bond acceptors (Lipinski definition) is 5. The van der Waals surface area contributed by atoms with Gasteiger partial charge in [0.05, 0.1) is 6.20 Å². The van der Waals surface area contributed by atoms with Crippen molar-refractivity contribution < 1.29 is 23.8 Å². The second-order valence-corrected chi connectivity index (χ2v) is 6.53.